The van der Waals surface area contributed by atoms with Gasteiger partial charge in [0.1, 0.15) is 5.69 Å². The molecule has 0 aliphatic rings. The highest BCUT2D eigenvalue weighted by molar-refractivity contribution is 6.42. The van der Waals surface area contributed by atoms with E-state index in [4.69, 9.17) is 27.6 Å². The molecule has 1 aromatic carbocycles. The Labute approximate surface area is 112 Å². The van der Waals surface area contributed by atoms with E-state index in [0.29, 0.717) is 12.2 Å². The van der Waals surface area contributed by atoms with E-state index in [1.807, 2.05) is 0 Å². The lowest BCUT2D eigenvalue weighted by Crippen LogP contribution is -2.02. The third-order valence-corrected chi connectivity index (χ3v) is 3.02. The van der Waals surface area contributed by atoms with Crippen molar-refractivity contribution in [2.45, 2.75) is 6.54 Å². The Hall–Kier alpha value is -1.72. The Balaban J connectivity index is 2.25. The number of nitro benzene ring substituents is 1. The molecular weight excluding hydrogens is 279 g/mol. The molecule has 0 saturated heterocycles. The van der Waals surface area contributed by atoms with Crippen LogP contribution in [-0.2, 0) is 6.54 Å². The number of nitrogens with one attached hydrogen (secondary N) is 1. The molecule has 0 unspecified atom stereocenters. The number of furan rings is 1. The Bertz CT molecular complexity index is 570. The maximum Gasteiger partial charge on any atom is 0.293 e. The normalized spacial score (nSPS) is 10.3. The number of rotatable bonds is 4. The molecule has 2 rings (SSSR count). The summed E-state index contributed by atoms with van der Waals surface area (Å²) in [6.45, 7) is 0.398. The van der Waals surface area contributed by atoms with E-state index in [2.05, 4.69) is 5.32 Å². The molecule has 1 N–H and O–H groups in total. The highest BCUT2D eigenvalue weighted by Gasteiger charge is 2.16. The SMILES string of the molecule is O=[N+]([O-])c1cc(Cl)c(Cl)cc1NCc1ccoc1. The first-order valence-corrected chi connectivity index (χ1v) is 5.72. The van der Waals surface area contributed by atoms with Crippen molar-refractivity contribution in [2.24, 2.45) is 0 Å². The van der Waals surface area contributed by atoms with E-state index in [1.165, 1.54) is 18.4 Å². The smallest absolute Gasteiger partial charge is 0.293 e. The van der Waals surface area contributed by atoms with Gasteiger partial charge in [-0.25, -0.2) is 0 Å². The molecule has 2 aromatic rings. The van der Waals surface area contributed by atoms with Crippen LogP contribution >= 0.6 is 23.2 Å². The van der Waals surface area contributed by atoms with Crippen molar-refractivity contribution in [3.63, 3.8) is 0 Å². The maximum atomic E-state index is 10.9. The second kappa shape index (κ2) is 5.29. The first-order valence-electron chi connectivity index (χ1n) is 4.96. The van der Waals surface area contributed by atoms with Crippen molar-refractivity contribution in [3.05, 3.63) is 56.4 Å². The van der Waals surface area contributed by atoms with Gasteiger partial charge in [0.25, 0.3) is 5.69 Å². The van der Waals surface area contributed by atoms with Crippen LogP contribution < -0.4 is 5.32 Å². The summed E-state index contributed by atoms with van der Waals surface area (Å²) in [5.41, 5.74) is 1.07. The number of halogens is 2. The zero-order chi connectivity index (χ0) is 13.1. The monoisotopic (exact) mass is 286 g/mol. The van der Waals surface area contributed by atoms with E-state index in [-0.39, 0.29) is 15.7 Å². The predicted molar refractivity (Wildman–Crippen MR) is 69.2 cm³/mol. The summed E-state index contributed by atoms with van der Waals surface area (Å²) in [7, 11) is 0. The first-order chi connectivity index (χ1) is 8.58. The van der Waals surface area contributed by atoms with E-state index in [0.717, 1.165) is 5.56 Å². The molecular formula is C11H8Cl2N2O3. The molecule has 0 radical (unpaired) electrons. The lowest BCUT2D eigenvalue weighted by atomic mass is 10.2. The van der Waals surface area contributed by atoms with Crippen LogP contribution in [0.4, 0.5) is 11.4 Å². The standard InChI is InChI=1S/C11H8Cl2N2O3/c12-8-3-10(11(15(16)17)4-9(8)13)14-5-7-1-2-18-6-7/h1-4,6,14H,5H2. The van der Waals surface area contributed by atoms with Crippen molar-refractivity contribution in [1.82, 2.24) is 0 Å². The molecule has 0 fully saturated rings. The van der Waals surface area contributed by atoms with Gasteiger partial charge >= 0.3 is 0 Å². The predicted octanol–water partition coefficient (Wildman–Crippen LogP) is 4.11. The molecule has 0 atom stereocenters. The minimum Gasteiger partial charge on any atom is -0.472 e. The zero-order valence-corrected chi connectivity index (χ0v) is 10.5. The van der Waals surface area contributed by atoms with Crippen LogP contribution in [0, 0.1) is 10.1 Å². The van der Waals surface area contributed by atoms with E-state index in [1.54, 1.807) is 12.3 Å². The number of nitro groups is 1. The minimum atomic E-state index is -0.514. The summed E-state index contributed by atoms with van der Waals surface area (Å²) in [5, 5.41) is 14.2. The van der Waals surface area contributed by atoms with Gasteiger partial charge in [-0.3, -0.25) is 10.1 Å². The number of nitrogens with zero attached hydrogens (tertiary/aromatic N) is 1. The molecule has 5 nitrogen and oxygen atoms in total. The van der Waals surface area contributed by atoms with Gasteiger partial charge in [0.2, 0.25) is 0 Å². The summed E-state index contributed by atoms with van der Waals surface area (Å²) in [5.74, 6) is 0. The Kier molecular flexibility index (Phi) is 3.74. The van der Waals surface area contributed by atoms with Gasteiger partial charge in [0, 0.05) is 18.2 Å². The molecule has 0 aliphatic heterocycles. The fraction of sp³-hybridized carbons (Fsp3) is 0.0909. The van der Waals surface area contributed by atoms with Crippen molar-refractivity contribution in [2.75, 3.05) is 5.32 Å². The number of benzene rings is 1. The van der Waals surface area contributed by atoms with Crippen molar-refractivity contribution < 1.29 is 9.34 Å². The average molecular weight is 287 g/mol. The second-order valence-corrected chi connectivity index (χ2v) is 4.34. The molecule has 94 valence electrons. The van der Waals surface area contributed by atoms with Gasteiger partial charge in [-0.1, -0.05) is 23.2 Å². The first kappa shape index (κ1) is 12.7. The molecule has 0 bridgehead atoms. The van der Waals surface area contributed by atoms with Gasteiger partial charge in [-0.2, -0.15) is 0 Å². The summed E-state index contributed by atoms with van der Waals surface area (Å²) in [4.78, 5) is 10.4. The summed E-state index contributed by atoms with van der Waals surface area (Å²) >= 11 is 11.6. The van der Waals surface area contributed by atoms with Crippen LogP contribution in [0.5, 0.6) is 0 Å². The number of hydrogen-bond acceptors (Lipinski definition) is 4. The quantitative estimate of drug-likeness (QED) is 0.678. The summed E-state index contributed by atoms with van der Waals surface area (Å²) < 4.78 is 4.90. The van der Waals surface area contributed by atoms with Crippen LogP contribution in [0.3, 0.4) is 0 Å². The number of hydrogen-bond donors (Lipinski definition) is 1. The molecule has 0 amide bonds. The van der Waals surface area contributed by atoms with Gasteiger partial charge in [-0.15, -0.1) is 0 Å². The molecule has 0 aliphatic carbocycles. The Morgan fingerprint density at radius 2 is 2.06 bits per heavy atom. The van der Waals surface area contributed by atoms with Gasteiger partial charge < -0.3 is 9.73 Å². The molecule has 7 heteroatoms. The van der Waals surface area contributed by atoms with Gasteiger partial charge in [0.05, 0.1) is 27.5 Å². The van der Waals surface area contributed by atoms with Crippen LogP contribution in [-0.4, -0.2) is 4.92 Å². The van der Waals surface area contributed by atoms with Crippen LogP contribution in [0.25, 0.3) is 0 Å². The largest absolute Gasteiger partial charge is 0.472 e. The third-order valence-electron chi connectivity index (χ3n) is 2.30. The highest BCUT2D eigenvalue weighted by atomic mass is 35.5. The second-order valence-electron chi connectivity index (χ2n) is 3.53. The number of anilines is 1. The molecule has 1 heterocycles. The van der Waals surface area contributed by atoms with Crippen LogP contribution in [0.1, 0.15) is 5.56 Å². The average Bonchev–Trinajstić information content (AvgIpc) is 2.83. The van der Waals surface area contributed by atoms with Crippen LogP contribution in [0.15, 0.2) is 35.1 Å². The van der Waals surface area contributed by atoms with E-state index < -0.39 is 4.92 Å². The lowest BCUT2D eigenvalue weighted by molar-refractivity contribution is -0.383. The third kappa shape index (κ3) is 2.75. The van der Waals surface area contributed by atoms with E-state index >= 15 is 0 Å². The fourth-order valence-corrected chi connectivity index (χ4v) is 1.74. The molecule has 0 saturated carbocycles. The Morgan fingerprint density at radius 1 is 1.33 bits per heavy atom. The minimum absolute atomic E-state index is 0.118. The molecule has 1 aromatic heterocycles. The molecule has 18 heavy (non-hydrogen) atoms. The maximum absolute atomic E-state index is 10.9. The zero-order valence-electron chi connectivity index (χ0n) is 9.02. The van der Waals surface area contributed by atoms with Gasteiger partial charge in [-0.05, 0) is 12.1 Å². The summed E-state index contributed by atoms with van der Waals surface area (Å²) in [6.07, 6.45) is 3.08. The van der Waals surface area contributed by atoms with Gasteiger partial charge in [0.15, 0.2) is 0 Å². The summed E-state index contributed by atoms with van der Waals surface area (Å²) in [6, 6.07) is 4.42. The fourth-order valence-electron chi connectivity index (χ4n) is 1.42. The Morgan fingerprint density at radius 3 is 2.67 bits per heavy atom. The van der Waals surface area contributed by atoms with Crippen molar-refractivity contribution in [1.29, 1.82) is 0 Å². The topological polar surface area (TPSA) is 68.3 Å². The molecule has 0 spiro atoms. The van der Waals surface area contributed by atoms with Crippen LogP contribution in [0.2, 0.25) is 10.0 Å². The lowest BCUT2D eigenvalue weighted by Gasteiger charge is -2.07. The van der Waals surface area contributed by atoms with Crippen molar-refractivity contribution in [3.8, 4) is 0 Å². The van der Waals surface area contributed by atoms with Crippen molar-refractivity contribution >= 4 is 34.6 Å². The van der Waals surface area contributed by atoms with E-state index in [9.17, 15) is 10.1 Å². The highest BCUT2D eigenvalue weighted by Crippen LogP contribution is 2.34.